The van der Waals surface area contributed by atoms with Crippen LogP contribution in [0.5, 0.6) is 5.75 Å². The van der Waals surface area contributed by atoms with Gasteiger partial charge in [-0.25, -0.2) is 0 Å². The van der Waals surface area contributed by atoms with Crippen LogP contribution in [-0.4, -0.2) is 54.6 Å². The maximum atomic E-state index is 6.14. The van der Waals surface area contributed by atoms with Crippen molar-refractivity contribution in [2.75, 3.05) is 43.6 Å². The van der Waals surface area contributed by atoms with Crippen molar-refractivity contribution in [3.63, 3.8) is 0 Å². The van der Waals surface area contributed by atoms with E-state index in [2.05, 4.69) is 22.0 Å². The number of aliphatic imine (C=N–C) groups is 1. The number of anilines is 1. The second-order valence-electron chi connectivity index (χ2n) is 6.59. The van der Waals surface area contributed by atoms with Crippen LogP contribution < -0.4 is 15.8 Å². The van der Waals surface area contributed by atoms with Crippen LogP contribution in [0.15, 0.2) is 29.3 Å². The third-order valence-corrected chi connectivity index (χ3v) is 6.04. The van der Waals surface area contributed by atoms with E-state index in [9.17, 15) is 0 Å². The summed E-state index contributed by atoms with van der Waals surface area (Å²) in [7, 11) is 1.66. The Morgan fingerprint density at radius 3 is 2.79 bits per heavy atom. The summed E-state index contributed by atoms with van der Waals surface area (Å²) in [6.45, 7) is 3.16. The molecule has 3 N–H and O–H groups in total. The summed E-state index contributed by atoms with van der Waals surface area (Å²) in [4.78, 5) is 7.36. The molecule has 3 rings (SSSR count). The fourth-order valence-electron chi connectivity index (χ4n) is 3.77. The summed E-state index contributed by atoms with van der Waals surface area (Å²) < 4.78 is 5.24. The maximum Gasteiger partial charge on any atom is 0.193 e. The molecule has 0 amide bonds. The first-order valence-corrected chi connectivity index (χ1v) is 9.91. The van der Waals surface area contributed by atoms with E-state index in [0.29, 0.717) is 5.96 Å². The summed E-state index contributed by atoms with van der Waals surface area (Å²) in [6, 6.07) is 7.76. The number of nitrogens with two attached hydrogens (primary N) is 1. The van der Waals surface area contributed by atoms with E-state index in [-0.39, 0.29) is 5.54 Å². The van der Waals surface area contributed by atoms with Gasteiger partial charge < -0.3 is 15.8 Å². The van der Waals surface area contributed by atoms with Crippen LogP contribution in [-0.2, 0) is 0 Å². The molecule has 24 heavy (non-hydrogen) atoms. The Morgan fingerprint density at radius 1 is 1.33 bits per heavy atom. The van der Waals surface area contributed by atoms with Gasteiger partial charge in [-0.2, -0.15) is 11.8 Å². The zero-order chi connectivity index (χ0) is 16.8. The molecule has 0 bridgehead atoms. The molecule has 1 aliphatic carbocycles. The lowest BCUT2D eigenvalue weighted by Gasteiger charge is -2.42. The van der Waals surface area contributed by atoms with Gasteiger partial charge in [-0.05, 0) is 25.0 Å². The van der Waals surface area contributed by atoms with Gasteiger partial charge in [0.25, 0.3) is 0 Å². The number of benzene rings is 1. The van der Waals surface area contributed by atoms with E-state index < -0.39 is 0 Å². The lowest BCUT2D eigenvalue weighted by molar-refractivity contribution is 0.112. The number of guanidine groups is 1. The van der Waals surface area contributed by atoms with E-state index in [1.54, 1.807) is 7.11 Å². The van der Waals surface area contributed by atoms with Crippen LogP contribution in [0.3, 0.4) is 0 Å². The van der Waals surface area contributed by atoms with E-state index in [1.807, 2.05) is 24.3 Å². The van der Waals surface area contributed by atoms with Gasteiger partial charge in [0, 0.05) is 41.9 Å². The Hall–Kier alpha value is -1.40. The number of nitrogens with zero attached hydrogens (tertiary/aromatic N) is 2. The van der Waals surface area contributed by atoms with Gasteiger partial charge in [0.1, 0.15) is 5.75 Å². The summed E-state index contributed by atoms with van der Waals surface area (Å²) in [5.41, 5.74) is 7.27. The van der Waals surface area contributed by atoms with Gasteiger partial charge in [0.15, 0.2) is 5.96 Å². The molecule has 0 spiro atoms. The summed E-state index contributed by atoms with van der Waals surface area (Å²) in [5, 5.41) is 3.19. The van der Waals surface area contributed by atoms with Gasteiger partial charge in [0.2, 0.25) is 0 Å². The molecule has 132 valence electrons. The third kappa shape index (κ3) is 4.16. The normalized spacial score (nSPS) is 21.6. The van der Waals surface area contributed by atoms with E-state index in [1.165, 1.54) is 50.3 Å². The van der Waals surface area contributed by atoms with Crippen LogP contribution in [0, 0.1) is 0 Å². The molecule has 0 unspecified atom stereocenters. The third-order valence-electron chi connectivity index (χ3n) is 5.10. The molecule has 2 fully saturated rings. The quantitative estimate of drug-likeness (QED) is 0.633. The van der Waals surface area contributed by atoms with Gasteiger partial charge in [-0.1, -0.05) is 18.9 Å². The highest BCUT2D eigenvalue weighted by Gasteiger charge is 2.39. The number of nitrogens with one attached hydrogen (secondary N) is 1. The van der Waals surface area contributed by atoms with Gasteiger partial charge >= 0.3 is 0 Å². The lowest BCUT2D eigenvalue weighted by atomic mass is 9.95. The average Bonchev–Trinajstić information content (AvgIpc) is 3.11. The second kappa shape index (κ2) is 8.12. The maximum absolute atomic E-state index is 6.14. The monoisotopic (exact) mass is 348 g/mol. The molecule has 0 radical (unpaired) electrons. The molecular weight excluding hydrogens is 320 g/mol. The zero-order valence-electron chi connectivity index (χ0n) is 14.5. The predicted molar refractivity (Wildman–Crippen MR) is 103 cm³/mol. The average molecular weight is 349 g/mol. The molecule has 5 nitrogen and oxygen atoms in total. The molecule has 0 atom stereocenters. The number of rotatable bonds is 5. The second-order valence-corrected chi connectivity index (χ2v) is 7.81. The van der Waals surface area contributed by atoms with Crippen LogP contribution in [0.1, 0.15) is 25.7 Å². The Balaban J connectivity index is 1.65. The minimum absolute atomic E-state index is 0.224. The smallest absolute Gasteiger partial charge is 0.193 e. The fourth-order valence-corrected chi connectivity index (χ4v) is 4.67. The zero-order valence-corrected chi connectivity index (χ0v) is 15.3. The van der Waals surface area contributed by atoms with E-state index >= 15 is 0 Å². The van der Waals surface area contributed by atoms with Gasteiger partial charge in [-0.3, -0.25) is 9.89 Å². The highest BCUT2D eigenvalue weighted by molar-refractivity contribution is 7.99. The highest BCUT2D eigenvalue weighted by atomic mass is 32.2. The molecule has 1 aliphatic heterocycles. The number of hydrogen-bond acceptors (Lipinski definition) is 4. The number of thioether (sulfide) groups is 1. The largest absolute Gasteiger partial charge is 0.497 e. The Morgan fingerprint density at radius 2 is 2.08 bits per heavy atom. The molecule has 1 saturated heterocycles. The van der Waals surface area contributed by atoms with Gasteiger partial charge in [-0.15, -0.1) is 0 Å². The molecule has 6 heteroatoms. The van der Waals surface area contributed by atoms with Crippen molar-refractivity contribution in [2.45, 2.75) is 31.2 Å². The van der Waals surface area contributed by atoms with Crippen molar-refractivity contribution in [3.05, 3.63) is 24.3 Å². The van der Waals surface area contributed by atoms with Crippen LogP contribution in [0.4, 0.5) is 5.69 Å². The van der Waals surface area contributed by atoms with Crippen LogP contribution in [0.25, 0.3) is 0 Å². The molecule has 2 aliphatic rings. The van der Waals surface area contributed by atoms with Crippen LogP contribution in [0.2, 0.25) is 0 Å². The first kappa shape index (κ1) is 17.4. The Bertz CT molecular complexity index is 566. The molecule has 0 aromatic heterocycles. The molecule has 1 aromatic carbocycles. The number of methoxy groups -OCH3 is 1. The molecule has 1 heterocycles. The number of ether oxygens (including phenoxy) is 1. The number of hydrogen-bond donors (Lipinski definition) is 2. The van der Waals surface area contributed by atoms with E-state index in [0.717, 1.165) is 18.0 Å². The lowest BCUT2D eigenvalue weighted by Crippen LogP contribution is -2.52. The summed E-state index contributed by atoms with van der Waals surface area (Å²) >= 11 is 2.06. The fraction of sp³-hybridized carbons (Fsp3) is 0.611. The van der Waals surface area contributed by atoms with Crippen molar-refractivity contribution in [1.82, 2.24) is 4.90 Å². The molecule has 1 aromatic rings. The summed E-state index contributed by atoms with van der Waals surface area (Å²) in [6.07, 6.45) is 5.10. The molecule has 1 saturated carbocycles. The van der Waals surface area contributed by atoms with E-state index in [4.69, 9.17) is 15.5 Å². The van der Waals surface area contributed by atoms with Crippen LogP contribution >= 0.6 is 11.8 Å². The summed E-state index contributed by atoms with van der Waals surface area (Å²) in [5.74, 6) is 3.78. The standard InChI is InChI=1S/C18H28N4OS/c1-23-16-6-4-5-15(13-16)21-17(19)20-14-18(7-2-3-8-18)22-9-11-24-12-10-22/h4-6,13H,2-3,7-12,14H2,1H3,(H3,19,20,21). The highest BCUT2D eigenvalue weighted by Crippen LogP contribution is 2.37. The van der Waals surface area contributed by atoms with Crippen molar-refractivity contribution in [3.8, 4) is 5.75 Å². The predicted octanol–water partition coefficient (Wildman–Crippen LogP) is 2.78. The Labute approximate surface area is 149 Å². The first-order chi connectivity index (χ1) is 11.7. The minimum atomic E-state index is 0.224. The first-order valence-electron chi connectivity index (χ1n) is 8.76. The van der Waals surface area contributed by atoms with Crippen molar-refractivity contribution < 1.29 is 4.74 Å². The minimum Gasteiger partial charge on any atom is -0.497 e. The van der Waals surface area contributed by atoms with Crippen molar-refractivity contribution >= 4 is 23.4 Å². The topological polar surface area (TPSA) is 62.9 Å². The Kier molecular flexibility index (Phi) is 5.89. The SMILES string of the molecule is COc1cccc(NC(N)=NCC2(N3CCSCC3)CCCC2)c1. The van der Waals surface area contributed by atoms with Gasteiger partial charge in [0.05, 0.1) is 13.7 Å². The molecular formula is C18H28N4OS. The van der Waals surface area contributed by atoms with Crippen molar-refractivity contribution in [1.29, 1.82) is 0 Å². The van der Waals surface area contributed by atoms with Crippen molar-refractivity contribution in [2.24, 2.45) is 10.7 Å².